The number of ketones is 1. The first-order chi connectivity index (χ1) is 32.6. The van der Waals surface area contributed by atoms with Crippen molar-refractivity contribution in [3.63, 3.8) is 0 Å². The zero-order valence-corrected chi connectivity index (χ0v) is 41.0. The molecule has 0 saturated heterocycles. The molecule has 0 bridgehead atoms. The smallest absolute Gasteiger partial charge is 0.377 e. The van der Waals surface area contributed by atoms with Gasteiger partial charge in [0.1, 0.15) is 28.4 Å². The highest BCUT2D eigenvalue weighted by Gasteiger charge is 2.49. The normalized spacial score (nSPS) is 13.3. The maximum Gasteiger partial charge on any atom is 0.377 e. The third kappa shape index (κ3) is 9.08. The number of amides is 2. The second-order valence-electron chi connectivity index (χ2n) is 18.6. The molecule has 4 heterocycles. The Morgan fingerprint density at radius 3 is 1.59 bits per heavy atom. The number of aromatic hydroxyl groups is 1. The van der Waals surface area contributed by atoms with E-state index in [2.05, 4.69) is 53.1 Å². The number of halogens is 2. The van der Waals surface area contributed by atoms with Crippen LogP contribution >= 0.6 is 0 Å². The lowest BCUT2D eigenvalue weighted by Crippen LogP contribution is -2.51. The van der Waals surface area contributed by atoms with E-state index < -0.39 is 31.9 Å². The Labute approximate surface area is 399 Å². The lowest BCUT2D eigenvalue weighted by atomic mass is 9.91. The maximum absolute atomic E-state index is 13.7. The molecule has 2 amide bonds. The molecule has 13 nitrogen and oxygen atoms in total. The van der Waals surface area contributed by atoms with Crippen LogP contribution in [0.3, 0.4) is 0 Å². The van der Waals surface area contributed by atoms with Crippen molar-refractivity contribution in [2.24, 2.45) is 0 Å². The van der Waals surface area contributed by atoms with Crippen LogP contribution in [0.25, 0.3) is 27.4 Å². The molecule has 358 valence electrons. The van der Waals surface area contributed by atoms with E-state index in [0.717, 1.165) is 16.7 Å². The molecule has 0 spiro atoms. The summed E-state index contributed by atoms with van der Waals surface area (Å²) in [5.41, 5.74) is 6.38. The summed E-state index contributed by atoms with van der Waals surface area (Å²) < 4.78 is 38.9. The van der Waals surface area contributed by atoms with Crippen molar-refractivity contribution in [2.45, 2.75) is 84.1 Å². The molecule has 2 N–H and O–H groups in total. The predicted octanol–water partition coefficient (Wildman–Crippen LogP) is 9.81. The van der Waals surface area contributed by atoms with Crippen LogP contribution in [0.15, 0.2) is 79.6 Å². The minimum absolute atomic E-state index is 0.00814. The van der Waals surface area contributed by atoms with Crippen molar-refractivity contribution < 1.29 is 52.1 Å². The fraction of sp³-hybridized carbons (Fsp3) is 0.302. The van der Waals surface area contributed by atoms with Crippen LogP contribution in [0.2, 0.25) is 16.6 Å². The van der Waals surface area contributed by atoms with Crippen LogP contribution in [0, 0.1) is 11.6 Å². The highest BCUT2D eigenvalue weighted by Crippen LogP contribution is 2.49. The lowest BCUT2D eigenvalue weighted by molar-refractivity contribution is -0.134. The molecule has 0 fully saturated rings. The van der Waals surface area contributed by atoms with Gasteiger partial charge in [0.15, 0.2) is 5.75 Å². The summed E-state index contributed by atoms with van der Waals surface area (Å²) in [5, 5.41) is 20.7. The molecule has 6 aromatic rings. The molecular formula is C53H54F2N4O9Si. The number of aliphatic carboxylic acids is 1. The molecular weight excluding hydrogens is 903 g/mol. The van der Waals surface area contributed by atoms with Gasteiger partial charge >= 0.3 is 11.9 Å². The van der Waals surface area contributed by atoms with Gasteiger partial charge in [-0.25, -0.2) is 18.4 Å². The van der Waals surface area contributed by atoms with Crippen molar-refractivity contribution in [1.82, 2.24) is 19.8 Å². The molecule has 2 aliphatic rings. The number of phenols is 1. The lowest BCUT2D eigenvalue weighted by Gasteiger charge is -2.42. The van der Waals surface area contributed by atoms with Gasteiger partial charge in [0.05, 0.1) is 23.8 Å². The first-order valence-corrected chi connectivity index (χ1v) is 24.6. The number of Topliss-reactive ketones (excluding diaryl/α,β-unsaturated/α-hetero) is 1. The molecule has 4 aromatic carbocycles. The van der Waals surface area contributed by atoms with E-state index in [9.17, 15) is 43.0 Å². The summed E-state index contributed by atoms with van der Waals surface area (Å²) in [4.78, 5) is 74.8. The number of benzene rings is 4. The Morgan fingerprint density at radius 1 is 0.710 bits per heavy atom. The predicted molar refractivity (Wildman–Crippen MR) is 260 cm³/mol. The van der Waals surface area contributed by atoms with E-state index in [1.807, 2.05) is 6.07 Å². The highest BCUT2D eigenvalue weighted by molar-refractivity contribution is 6.78. The van der Waals surface area contributed by atoms with Crippen molar-refractivity contribution in [3.05, 3.63) is 147 Å². The fourth-order valence-corrected chi connectivity index (χ4v) is 15.3. The SMILES string of the molecule is C=C(C(=O)OC)c1c2c(c(O[Si](C(C)C)(C(C)C)C(C)C)c3ncc(Cc4ccc(F)cc4)cc13)C(=O)N(C)C2.CN1Cc2c(c(O)c3ncc(Cc4ccc(F)cc4)cc3c2C(=O)C(=O)O)C1=O. The molecule has 0 unspecified atom stereocenters. The van der Waals surface area contributed by atoms with Crippen molar-refractivity contribution in [2.75, 3.05) is 21.2 Å². The number of ether oxygens (including phenoxy) is 1. The van der Waals surface area contributed by atoms with Crippen LogP contribution in [0.4, 0.5) is 8.78 Å². The zero-order valence-electron chi connectivity index (χ0n) is 40.0. The number of carboxylic acids is 1. The first kappa shape index (κ1) is 49.6. The van der Waals surface area contributed by atoms with E-state index in [4.69, 9.17) is 14.1 Å². The zero-order chi connectivity index (χ0) is 50.4. The monoisotopic (exact) mass is 956 g/mol. The molecule has 0 saturated carbocycles. The number of carboxylic acid groups (broad SMARTS) is 1. The number of aromatic nitrogens is 2. The Hall–Kier alpha value is -7.33. The van der Waals surface area contributed by atoms with Gasteiger partial charge in [-0.05, 0) is 93.7 Å². The Morgan fingerprint density at radius 2 is 1.14 bits per heavy atom. The third-order valence-corrected chi connectivity index (χ3v) is 19.2. The van der Waals surface area contributed by atoms with E-state index in [1.54, 1.807) is 48.5 Å². The van der Waals surface area contributed by atoms with Crippen molar-refractivity contribution >= 4 is 65.2 Å². The second-order valence-corrected chi connectivity index (χ2v) is 23.9. The van der Waals surface area contributed by atoms with E-state index in [1.165, 1.54) is 49.5 Å². The molecule has 2 aliphatic heterocycles. The summed E-state index contributed by atoms with van der Waals surface area (Å²) in [6, 6.07) is 15.8. The van der Waals surface area contributed by atoms with Gasteiger partial charge < -0.3 is 29.2 Å². The Balaban J connectivity index is 0.000000214. The number of fused-ring (bicyclic) bond motifs is 4. The topological polar surface area (TPSA) is 177 Å². The Bertz CT molecular complexity index is 3080. The number of methoxy groups -OCH3 is 1. The fourth-order valence-electron chi connectivity index (χ4n) is 10.1. The molecule has 69 heavy (non-hydrogen) atoms. The summed E-state index contributed by atoms with van der Waals surface area (Å²) in [6.07, 6.45) is 4.11. The quantitative estimate of drug-likeness (QED) is 0.0370. The summed E-state index contributed by atoms with van der Waals surface area (Å²) in [7, 11) is 2.06. The third-order valence-electron chi connectivity index (χ3n) is 13.2. The molecule has 0 radical (unpaired) electrons. The van der Waals surface area contributed by atoms with Gasteiger partial charge in [0, 0.05) is 67.0 Å². The molecule has 0 atom stereocenters. The number of rotatable bonds is 13. The number of nitrogens with zero attached hydrogens (tertiary/aromatic N) is 4. The van der Waals surface area contributed by atoms with Crippen LogP contribution in [0.5, 0.6) is 11.5 Å². The number of esters is 1. The van der Waals surface area contributed by atoms with Gasteiger partial charge in [0.25, 0.3) is 25.9 Å². The second kappa shape index (κ2) is 19.3. The molecule has 16 heteroatoms. The average Bonchev–Trinajstić information content (AvgIpc) is 3.77. The van der Waals surface area contributed by atoms with Gasteiger partial charge in [-0.1, -0.05) is 72.4 Å². The Kier molecular flexibility index (Phi) is 13.9. The van der Waals surface area contributed by atoms with Crippen molar-refractivity contribution in [3.8, 4) is 11.5 Å². The number of hydrogen-bond acceptors (Lipinski definition) is 10. The van der Waals surface area contributed by atoms with E-state index in [-0.39, 0.29) is 79.6 Å². The summed E-state index contributed by atoms with van der Waals surface area (Å²) in [6.45, 7) is 17.6. The molecule has 0 aliphatic carbocycles. The maximum atomic E-state index is 13.7. The van der Waals surface area contributed by atoms with Crippen LogP contribution in [-0.2, 0) is 40.3 Å². The van der Waals surface area contributed by atoms with Gasteiger partial charge in [-0.15, -0.1) is 0 Å². The van der Waals surface area contributed by atoms with Crippen LogP contribution < -0.4 is 4.43 Å². The van der Waals surface area contributed by atoms with Crippen molar-refractivity contribution in [1.29, 1.82) is 0 Å². The van der Waals surface area contributed by atoms with Crippen LogP contribution in [0.1, 0.15) is 112 Å². The highest BCUT2D eigenvalue weighted by atomic mass is 28.4. The number of hydrogen-bond donors (Lipinski definition) is 2. The van der Waals surface area contributed by atoms with Gasteiger partial charge in [0.2, 0.25) is 0 Å². The summed E-state index contributed by atoms with van der Waals surface area (Å²) >= 11 is 0. The molecule has 2 aromatic heterocycles. The number of pyridine rings is 2. The van der Waals surface area contributed by atoms with E-state index in [0.29, 0.717) is 58.3 Å². The molecule has 8 rings (SSSR count). The van der Waals surface area contributed by atoms with Crippen LogP contribution in [-0.4, -0.2) is 89.0 Å². The minimum Gasteiger partial charge on any atom is -0.541 e. The number of carbonyl (C=O) groups is 5. The van der Waals surface area contributed by atoms with Gasteiger partial charge in [-0.2, -0.15) is 0 Å². The number of phenolic OH excluding ortho intramolecular Hbond substituents is 1. The average molecular weight is 957 g/mol. The summed E-state index contributed by atoms with van der Waals surface area (Å²) in [5.74, 6) is -4.61. The first-order valence-electron chi connectivity index (χ1n) is 22.5. The standard InChI is InChI=1S/C32H39FN2O4Si.C21H15FN2O5/c1-18(2)40(19(3)4,20(5)6)39-30-28-26(17-35(8)31(28)36)27(21(7)32(37)38-9)25-15-23(16-34-29(25)30)14-22-10-12-24(33)13-11-22;1-24-9-14-15(19(26)21(28)29)13-7-11(6-10-2-4-12(22)5-3-10)8-23-17(13)18(25)16(14)20(24)27/h10-13,15-16,18-20H,7,14,17H2,1-6,8-9H3;2-5,7-8,25H,6,9H2,1H3,(H,28,29). The largest absolute Gasteiger partial charge is 0.541 e. The van der Waals surface area contributed by atoms with Gasteiger partial charge in [-0.3, -0.25) is 24.4 Å². The number of carbonyl (C=O) groups excluding carboxylic acids is 4. The van der Waals surface area contributed by atoms with E-state index >= 15 is 0 Å². The minimum atomic E-state index is -2.49.